The Morgan fingerprint density at radius 3 is 2.23 bits per heavy atom. The molecule has 6 heteroatoms. The molecule has 1 aliphatic heterocycles. The molecule has 3 aromatic carbocycles. The number of carbonyl (C=O) groups is 2. The van der Waals surface area contributed by atoms with E-state index in [1.165, 1.54) is 5.56 Å². The minimum atomic E-state index is -0.225. The number of rotatable bonds is 3. The van der Waals surface area contributed by atoms with Gasteiger partial charge in [0, 0.05) is 34.2 Å². The predicted octanol–water partition coefficient (Wildman–Crippen LogP) is 5.97. The van der Waals surface area contributed by atoms with Crippen LogP contribution in [0.25, 0.3) is 0 Å². The molecule has 0 saturated heterocycles. The Morgan fingerprint density at radius 1 is 0.800 bits per heavy atom. The van der Waals surface area contributed by atoms with Gasteiger partial charge in [-0.15, -0.1) is 0 Å². The first kappa shape index (κ1) is 20.0. The zero-order valence-corrected chi connectivity index (χ0v) is 17.2. The summed E-state index contributed by atoms with van der Waals surface area (Å²) in [6.45, 7) is 0.685. The molecule has 3 aromatic rings. The lowest BCUT2D eigenvalue weighted by molar-refractivity contribution is 0.102. The molecule has 152 valence electrons. The smallest absolute Gasteiger partial charge is 0.322 e. The Morgan fingerprint density at radius 2 is 1.47 bits per heavy atom. The molecule has 0 atom stereocenters. The lowest BCUT2D eigenvalue weighted by Crippen LogP contribution is -2.35. The molecule has 4 rings (SSSR count). The number of benzene rings is 3. The molecule has 3 amide bonds. The van der Waals surface area contributed by atoms with Crippen LogP contribution in [0.15, 0.2) is 72.8 Å². The topological polar surface area (TPSA) is 61.4 Å². The zero-order valence-electron chi connectivity index (χ0n) is 16.4. The van der Waals surface area contributed by atoms with Gasteiger partial charge in [0.1, 0.15) is 0 Å². The van der Waals surface area contributed by atoms with Gasteiger partial charge in [-0.3, -0.25) is 9.69 Å². The Bertz CT molecular complexity index is 1050. The van der Waals surface area contributed by atoms with Crippen molar-refractivity contribution < 1.29 is 9.59 Å². The number of carbonyl (C=O) groups excluding carboxylic acids is 2. The van der Waals surface area contributed by atoms with E-state index in [2.05, 4.69) is 16.7 Å². The minimum Gasteiger partial charge on any atom is -0.322 e. The highest BCUT2D eigenvalue weighted by molar-refractivity contribution is 6.30. The lowest BCUT2D eigenvalue weighted by Gasteiger charge is -2.23. The van der Waals surface area contributed by atoms with Crippen LogP contribution in [0.4, 0.5) is 21.9 Å². The first-order chi connectivity index (χ1) is 14.6. The second-order valence-corrected chi connectivity index (χ2v) is 7.64. The van der Waals surface area contributed by atoms with E-state index in [1.807, 2.05) is 18.2 Å². The third-order valence-electron chi connectivity index (χ3n) is 5.11. The largest absolute Gasteiger partial charge is 0.326 e. The van der Waals surface area contributed by atoms with Crippen LogP contribution in [0.5, 0.6) is 0 Å². The van der Waals surface area contributed by atoms with Crippen LogP contribution >= 0.6 is 11.6 Å². The summed E-state index contributed by atoms with van der Waals surface area (Å²) in [4.78, 5) is 27.1. The monoisotopic (exact) mass is 419 g/mol. The Balaban J connectivity index is 1.42. The highest BCUT2D eigenvalue weighted by Crippen LogP contribution is 2.27. The summed E-state index contributed by atoms with van der Waals surface area (Å²) >= 11 is 5.87. The molecule has 0 bridgehead atoms. The Labute approximate surface area is 180 Å². The van der Waals surface area contributed by atoms with Crippen LogP contribution in [0.2, 0.25) is 5.02 Å². The number of fused-ring (bicyclic) bond motifs is 1. The van der Waals surface area contributed by atoms with Crippen molar-refractivity contribution in [2.75, 3.05) is 22.1 Å². The van der Waals surface area contributed by atoms with Gasteiger partial charge >= 0.3 is 6.03 Å². The van der Waals surface area contributed by atoms with E-state index in [9.17, 15) is 9.59 Å². The van der Waals surface area contributed by atoms with Crippen LogP contribution in [0, 0.1) is 0 Å². The van der Waals surface area contributed by atoms with E-state index in [1.54, 1.807) is 53.4 Å². The molecule has 30 heavy (non-hydrogen) atoms. The minimum absolute atomic E-state index is 0.164. The van der Waals surface area contributed by atoms with Crippen molar-refractivity contribution in [2.45, 2.75) is 19.3 Å². The van der Waals surface area contributed by atoms with Gasteiger partial charge in [0.25, 0.3) is 5.91 Å². The fourth-order valence-electron chi connectivity index (χ4n) is 3.53. The summed E-state index contributed by atoms with van der Waals surface area (Å²) in [5, 5.41) is 6.38. The first-order valence-corrected chi connectivity index (χ1v) is 10.3. The Kier molecular flexibility index (Phi) is 6.00. The number of nitrogens with one attached hydrogen (secondary N) is 2. The highest BCUT2D eigenvalue weighted by atomic mass is 35.5. The van der Waals surface area contributed by atoms with Crippen LogP contribution in [0.3, 0.4) is 0 Å². The second kappa shape index (κ2) is 9.01. The number of hydrogen-bond acceptors (Lipinski definition) is 2. The van der Waals surface area contributed by atoms with Gasteiger partial charge in [-0.2, -0.15) is 0 Å². The number of aryl methyl sites for hydroxylation is 1. The van der Waals surface area contributed by atoms with Crippen molar-refractivity contribution in [3.05, 3.63) is 88.9 Å². The van der Waals surface area contributed by atoms with Gasteiger partial charge in [0.15, 0.2) is 0 Å². The molecule has 0 aromatic heterocycles. The van der Waals surface area contributed by atoms with E-state index >= 15 is 0 Å². The molecule has 0 radical (unpaired) electrons. The predicted molar refractivity (Wildman–Crippen MR) is 122 cm³/mol. The Hall–Kier alpha value is -3.31. The summed E-state index contributed by atoms with van der Waals surface area (Å²) in [5.41, 5.74) is 3.97. The summed E-state index contributed by atoms with van der Waals surface area (Å²) < 4.78 is 0. The van der Waals surface area contributed by atoms with Crippen molar-refractivity contribution >= 4 is 40.6 Å². The maximum absolute atomic E-state index is 12.9. The summed E-state index contributed by atoms with van der Waals surface area (Å²) in [6.07, 6.45) is 3.02. The van der Waals surface area contributed by atoms with Crippen molar-refractivity contribution in [3.8, 4) is 0 Å². The maximum Gasteiger partial charge on any atom is 0.326 e. The lowest BCUT2D eigenvalue weighted by atomic mass is 10.1. The quantitative estimate of drug-likeness (QED) is 0.549. The van der Waals surface area contributed by atoms with E-state index in [0.717, 1.165) is 24.9 Å². The normalized spacial score (nSPS) is 13.2. The molecule has 1 aliphatic rings. The summed E-state index contributed by atoms with van der Waals surface area (Å²) in [5.74, 6) is -0.225. The zero-order chi connectivity index (χ0) is 20.9. The average Bonchev–Trinajstić information content (AvgIpc) is 2.98. The van der Waals surface area contributed by atoms with Crippen molar-refractivity contribution in [3.63, 3.8) is 0 Å². The molecule has 0 unspecified atom stereocenters. The molecular weight excluding hydrogens is 398 g/mol. The van der Waals surface area contributed by atoms with E-state index in [0.29, 0.717) is 28.5 Å². The number of para-hydroxylation sites is 1. The van der Waals surface area contributed by atoms with Crippen LogP contribution < -0.4 is 15.5 Å². The SMILES string of the molecule is O=C(Nc1ccc(Cl)cc1)c1ccc(NC(=O)N2CCCCc3ccccc32)cc1. The summed E-state index contributed by atoms with van der Waals surface area (Å²) in [7, 11) is 0. The number of urea groups is 1. The van der Waals surface area contributed by atoms with E-state index in [-0.39, 0.29) is 11.9 Å². The van der Waals surface area contributed by atoms with Crippen LogP contribution in [-0.2, 0) is 6.42 Å². The third kappa shape index (κ3) is 4.63. The molecule has 0 spiro atoms. The van der Waals surface area contributed by atoms with Crippen LogP contribution in [0.1, 0.15) is 28.8 Å². The number of hydrogen-bond donors (Lipinski definition) is 2. The maximum atomic E-state index is 12.9. The molecular formula is C24H22ClN3O2. The second-order valence-electron chi connectivity index (χ2n) is 7.21. The average molecular weight is 420 g/mol. The van der Waals surface area contributed by atoms with E-state index in [4.69, 9.17) is 11.6 Å². The highest BCUT2D eigenvalue weighted by Gasteiger charge is 2.21. The van der Waals surface area contributed by atoms with Crippen molar-refractivity contribution in [2.24, 2.45) is 0 Å². The molecule has 5 nitrogen and oxygen atoms in total. The number of nitrogens with zero attached hydrogens (tertiary/aromatic N) is 1. The van der Waals surface area contributed by atoms with Gasteiger partial charge in [-0.1, -0.05) is 29.8 Å². The fraction of sp³-hybridized carbons (Fsp3) is 0.167. The van der Waals surface area contributed by atoms with Crippen molar-refractivity contribution in [1.82, 2.24) is 0 Å². The number of anilines is 3. The van der Waals surface area contributed by atoms with E-state index < -0.39 is 0 Å². The molecule has 1 heterocycles. The molecule has 2 N–H and O–H groups in total. The molecule has 0 saturated carbocycles. The van der Waals surface area contributed by atoms with Gasteiger partial charge in [-0.25, -0.2) is 4.79 Å². The molecule has 0 aliphatic carbocycles. The van der Waals surface area contributed by atoms with Crippen molar-refractivity contribution in [1.29, 1.82) is 0 Å². The van der Waals surface area contributed by atoms with Gasteiger partial charge in [-0.05, 0) is 79.4 Å². The number of halogens is 1. The van der Waals surface area contributed by atoms with Gasteiger partial charge in [0.05, 0.1) is 0 Å². The summed E-state index contributed by atoms with van der Waals surface area (Å²) in [6, 6.07) is 21.6. The van der Waals surface area contributed by atoms with Crippen LogP contribution in [-0.4, -0.2) is 18.5 Å². The molecule has 0 fully saturated rings. The standard InChI is InChI=1S/C24H22ClN3O2/c25-19-10-14-20(15-11-19)26-23(29)18-8-12-21(13-9-18)27-24(30)28-16-4-3-6-17-5-1-2-7-22(17)28/h1-2,5,7-15H,3-4,6,16H2,(H,26,29)(H,27,30). The van der Waals surface area contributed by atoms with Gasteiger partial charge in [0.2, 0.25) is 0 Å². The number of amides is 3. The fourth-order valence-corrected chi connectivity index (χ4v) is 3.66. The third-order valence-corrected chi connectivity index (χ3v) is 5.36. The first-order valence-electron chi connectivity index (χ1n) is 9.93. The van der Waals surface area contributed by atoms with Gasteiger partial charge < -0.3 is 10.6 Å².